The van der Waals surface area contributed by atoms with Gasteiger partial charge in [-0.2, -0.15) is 0 Å². The summed E-state index contributed by atoms with van der Waals surface area (Å²) in [5.74, 6) is -2.49. The van der Waals surface area contributed by atoms with E-state index < -0.39 is 44.9 Å². The molecule has 0 aliphatic carbocycles. The van der Waals surface area contributed by atoms with Gasteiger partial charge in [0.25, 0.3) is 0 Å². The lowest BCUT2D eigenvalue weighted by molar-refractivity contribution is -0.151. The first-order valence-corrected chi connectivity index (χ1v) is 16.7. The van der Waals surface area contributed by atoms with Crippen molar-refractivity contribution in [2.45, 2.75) is 72.1 Å². The Balaban J connectivity index is 5.03. The summed E-state index contributed by atoms with van der Waals surface area (Å²) in [5.41, 5.74) is 0.365. The lowest BCUT2D eigenvalue weighted by Gasteiger charge is -2.29. The fraction of sp³-hybridized carbons (Fsp3) is 0.724. The average Bonchev–Trinajstić information content (AvgIpc) is 2.97. The molecule has 254 valence electrons. The van der Waals surface area contributed by atoms with Crippen LogP contribution in [-0.2, 0) is 51.4 Å². The van der Waals surface area contributed by atoms with E-state index in [1.165, 1.54) is 13.8 Å². The van der Waals surface area contributed by atoms with Crippen molar-refractivity contribution >= 4 is 32.7 Å². The third-order valence-corrected chi connectivity index (χ3v) is 8.85. The summed E-state index contributed by atoms with van der Waals surface area (Å²) in [6.07, 6.45) is -1.87. The number of hydrogen-bond acceptors (Lipinski definition) is 14. The maximum atomic E-state index is 12.4. The molecule has 0 aromatic carbocycles. The van der Waals surface area contributed by atoms with Crippen LogP contribution in [-0.4, -0.2) is 126 Å². The van der Waals surface area contributed by atoms with Crippen LogP contribution in [0, 0.1) is 0 Å². The summed E-state index contributed by atoms with van der Waals surface area (Å²) in [5, 5.41) is 19.9. The van der Waals surface area contributed by atoms with E-state index in [0.717, 1.165) is 0 Å². The molecule has 0 heterocycles. The second-order valence-corrected chi connectivity index (χ2v) is 12.6. The minimum atomic E-state index is -2.90. The van der Waals surface area contributed by atoms with Gasteiger partial charge in [-0.15, -0.1) is 0 Å². The van der Waals surface area contributed by atoms with Gasteiger partial charge < -0.3 is 47.3 Å². The second-order valence-electron chi connectivity index (χ2n) is 9.86. The lowest BCUT2D eigenvalue weighted by atomic mass is 10.3. The zero-order valence-electron chi connectivity index (χ0n) is 26.8. The van der Waals surface area contributed by atoms with Crippen LogP contribution in [0.25, 0.3) is 0 Å². The van der Waals surface area contributed by atoms with Crippen molar-refractivity contribution in [1.29, 1.82) is 0 Å². The van der Waals surface area contributed by atoms with Crippen molar-refractivity contribution in [2.75, 3.05) is 65.9 Å². The maximum absolute atomic E-state index is 12.4. The Morgan fingerprint density at radius 2 is 1.02 bits per heavy atom. The van der Waals surface area contributed by atoms with E-state index in [1.807, 2.05) is 25.7 Å². The van der Waals surface area contributed by atoms with E-state index in [-0.39, 0.29) is 63.5 Å². The first kappa shape index (κ1) is 41.3. The highest BCUT2D eigenvalue weighted by Gasteiger charge is 2.39. The summed E-state index contributed by atoms with van der Waals surface area (Å²) >= 11 is 0. The Kier molecular flexibility index (Phi) is 22.2. The number of hydrogen-bond donors (Lipinski definition) is 2. The summed E-state index contributed by atoms with van der Waals surface area (Å²) < 4.78 is 37.6. The molecule has 44 heavy (non-hydrogen) atoms. The smallest absolute Gasteiger partial charge is 0.463 e. The number of ether oxygens (including phenoxy) is 4. The fourth-order valence-electron chi connectivity index (χ4n) is 3.56. The van der Waals surface area contributed by atoms with Crippen LogP contribution in [0.15, 0.2) is 24.3 Å². The van der Waals surface area contributed by atoms with Crippen LogP contribution in [0.5, 0.6) is 0 Å². The summed E-state index contributed by atoms with van der Waals surface area (Å²) in [6.45, 7) is 16.3. The Bertz CT molecular complexity index is 841. The highest BCUT2D eigenvalue weighted by molar-refractivity contribution is 6.60. The highest BCUT2D eigenvalue weighted by atomic mass is 28.4. The number of carbonyl (C=O) groups is 4. The van der Waals surface area contributed by atoms with Crippen LogP contribution in [0.2, 0.25) is 6.04 Å². The van der Waals surface area contributed by atoms with Crippen LogP contribution in [0.1, 0.15) is 53.9 Å². The van der Waals surface area contributed by atoms with E-state index in [4.69, 9.17) is 32.2 Å². The third-order valence-electron chi connectivity index (χ3n) is 5.70. The molecule has 2 atom stereocenters. The molecular weight excluding hydrogens is 598 g/mol. The molecule has 0 fully saturated rings. The number of aliphatic hydroxyl groups is 2. The first-order chi connectivity index (χ1) is 20.8. The summed E-state index contributed by atoms with van der Waals surface area (Å²) in [4.78, 5) is 49.5. The van der Waals surface area contributed by atoms with Crippen LogP contribution < -0.4 is 0 Å². The number of aliphatic hydroxyl groups excluding tert-OH is 2. The Hall–Kier alpha value is -2.66. The van der Waals surface area contributed by atoms with Crippen molar-refractivity contribution < 1.29 is 61.6 Å². The van der Waals surface area contributed by atoms with E-state index in [0.29, 0.717) is 38.8 Å². The highest BCUT2D eigenvalue weighted by Crippen LogP contribution is 2.19. The molecule has 2 unspecified atom stereocenters. The van der Waals surface area contributed by atoms with Crippen LogP contribution >= 0.6 is 0 Å². The largest absolute Gasteiger partial charge is 0.500 e. The quantitative estimate of drug-likeness (QED) is 0.0597. The molecule has 0 aliphatic heterocycles. The minimum absolute atomic E-state index is 0.0366. The van der Waals surface area contributed by atoms with Gasteiger partial charge in [0.15, 0.2) is 0 Å². The molecule has 0 radical (unpaired) electrons. The topological polar surface area (TPSA) is 177 Å². The molecule has 0 aliphatic rings. The lowest BCUT2D eigenvalue weighted by Crippen LogP contribution is -2.46. The van der Waals surface area contributed by atoms with Gasteiger partial charge in [0.2, 0.25) is 0 Å². The molecule has 0 saturated heterocycles. The average molecular weight is 650 g/mol. The van der Waals surface area contributed by atoms with E-state index in [2.05, 4.69) is 13.2 Å². The third kappa shape index (κ3) is 19.6. The molecule has 0 spiro atoms. The molecule has 15 heteroatoms. The van der Waals surface area contributed by atoms with Gasteiger partial charge in [-0.1, -0.05) is 13.2 Å². The number of rotatable bonds is 26. The normalized spacial score (nSPS) is 12.7. The standard InChI is InChI=1S/C29H51NO13Si/c1-8-41-44(42-9-2,43-10-3)17-11-14-30(15-12-26(33)37-18-24(31)20-39-28(35)22(4)5)16-13-27(34)38-19-25(32)21-40-29(36)23(6)7/h24-25,31-32H,4,6,8-21H2,1-3,5,7H3. The van der Waals surface area contributed by atoms with E-state index in [1.54, 1.807) is 0 Å². The molecule has 0 bridgehead atoms. The van der Waals surface area contributed by atoms with E-state index in [9.17, 15) is 29.4 Å². The predicted molar refractivity (Wildman–Crippen MR) is 161 cm³/mol. The van der Waals surface area contributed by atoms with Gasteiger partial charge in [0.05, 0.1) is 12.8 Å². The van der Waals surface area contributed by atoms with Gasteiger partial charge in [0, 0.05) is 50.1 Å². The van der Waals surface area contributed by atoms with Gasteiger partial charge in [-0.05, 0) is 47.6 Å². The molecule has 0 amide bonds. The van der Waals surface area contributed by atoms with Crippen molar-refractivity contribution in [1.82, 2.24) is 4.90 Å². The van der Waals surface area contributed by atoms with Crippen LogP contribution in [0.4, 0.5) is 0 Å². The van der Waals surface area contributed by atoms with Crippen molar-refractivity contribution in [3.05, 3.63) is 24.3 Å². The zero-order valence-corrected chi connectivity index (χ0v) is 27.8. The molecular formula is C29H51NO13Si. The number of carbonyl (C=O) groups excluding carboxylic acids is 4. The SMILES string of the molecule is C=C(C)C(=O)OCC(O)COC(=O)CCN(CCC[Si](OCC)(OCC)OCC)CCC(=O)OCC(O)COC(=O)C(=C)C. The van der Waals surface area contributed by atoms with Gasteiger partial charge in [0.1, 0.15) is 38.6 Å². The molecule has 2 N–H and O–H groups in total. The fourth-order valence-corrected chi connectivity index (χ4v) is 6.16. The minimum Gasteiger partial charge on any atom is -0.463 e. The Labute approximate surface area is 261 Å². The van der Waals surface area contributed by atoms with Crippen LogP contribution in [0.3, 0.4) is 0 Å². The second kappa shape index (κ2) is 23.7. The molecule has 0 rings (SSSR count). The number of nitrogens with zero attached hydrogens (tertiary/aromatic N) is 1. The monoisotopic (exact) mass is 649 g/mol. The molecule has 0 aromatic heterocycles. The number of esters is 4. The molecule has 0 aromatic rings. The predicted octanol–water partition coefficient (Wildman–Crippen LogP) is 1.55. The Morgan fingerprint density at radius 1 is 0.659 bits per heavy atom. The van der Waals surface area contributed by atoms with Crippen molar-refractivity contribution in [2.24, 2.45) is 0 Å². The Morgan fingerprint density at radius 3 is 1.36 bits per heavy atom. The summed E-state index contributed by atoms with van der Waals surface area (Å²) in [7, 11) is -2.90. The molecule has 14 nitrogen and oxygen atoms in total. The summed E-state index contributed by atoms with van der Waals surface area (Å²) in [6, 6.07) is 0.526. The molecule has 0 saturated carbocycles. The van der Waals surface area contributed by atoms with Gasteiger partial charge in [-0.3, -0.25) is 9.59 Å². The van der Waals surface area contributed by atoms with Crippen molar-refractivity contribution in [3.63, 3.8) is 0 Å². The first-order valence-electron chi connectivity index (χ1n) is 14.8. The van der Waals surface area contributed by atoms with Gasteiger partial charge >= 0.3 is 32.7 Å². The zero-order chi connectivity index (χ0) is 33.5. The van der Waals surface area contributed by atoms with E-state index >= 15 is 0 Å². The van der Waals surface area contributed by atoms with Crippen molar-refractivity contribution in [3.8, 4) is 0 Å². The maximum Gasteiger partial charge on any atom is 0.500 e. The van der Waals surface area contributed by atoms with Gasteiger partial charge in [-0.25, -0.2) is 9.59 Å².